The second-order valence-electron chi connectivity index (χ2n) is 4.15. The molecule has 0 spiro atoms. The second kappa shape index (κ2) is 7.30. The first-order chi connectivity index (χ1) is 8.98. The highest BCUT2D eigenvalue weighted by atomic mass is 32.2. The Hall–Kier alpha value is -1.34. The standard InChI is InChI=1S/C12H20N2O4S/c1-17-11-5-7-14-10(12(11)18-2)9-13-6-4-8-19(3,15)16/h5,7,13H,4,6,8-9H2,1-3H3. The maximum atomic E-state index is 11.0. The largest absolute Gasteiger partial charge is 0.493 e. The van der Waals surface area contributed by atoms with Crippen LogP contribution in [0, 0.1) is 0 Å². The molecule has 1 N–H and O–H groups in total. The minimum atomic E-state index is -2.89. The molecule has 0 unspecified atom stereocenters. The molecule has 19 heavy (non-hydrogen) atoms. The maximum Gasteiger partial charge on any atom is 0.183 e. The summed E-state index contributed by atoms with van der Waals surface area (Å²) in [7, 11) is 0.240. The fourth-order valence-corrected chi connectivity index (χ4v) is 2.31. The molecule has 0 aliphatic rings. The van der Waals surface area contributed by atoms with Gasteiger partial charge in [-0.1, -0.05) is 0 Å². The third kappa shape index (κ3) is 5.44. The first-order valence-corrected chi connectivity index (χ1v) is 7.98. The van der Waals surface area contributed by atoms with E-state index in [4.69, 9.17) is 9.47 Å². The van der Waals surface area contributed by atoms with E-state index in [2.05, 4.69) is 10.3 Å². The number of sulfone groups is 1. The molecular weight excluding hydrogens is 268 g/mol. The number of pyridine rings is 1. The summed E-state index contributed by atoms with van der Waals surface area (Å²) in [6.45, 7) is 1.11. The molecular formula is C12H20N2O4S. The van der Waals surface area contributed by atoms with Crippen LogP contribution in [0.2, 0.25) is 0 Å². The molecule has 0 radical (unpaired) electrons. The fraction of sp³-hybridized carbons (Fsp3) is 0.583. The summed E-state index contributed by atoms with van der Waals surface area (Å²) >= 11 is 0. The Morgan fingerprint density at radius 2 is 2.05 bits per heavy atom. The molecule has 7 heteroatoms. The van der Waals surface area contributed by atoms with Crippen LogP contribution in [0.4, 0.5) is 0 Å². The smallest absolute Gasteiger partial charge is 0.183 e. The molecule has 0 aromatic carbocycles. The summed E-state index contributed by atoms with van der Waals surface area (Å²) < 4.78 is 32.4. The topological polar surface area (TPSA) is 77.5 Å². The quantitative estimate of drug-likeness (QED) is 0.707. The van der Waals surface area contributed by atoms with Crippen molar-refractivity contribution in [3.8, 4) is 11.5 Å². The molecule has 1 rings (SSSR count). The van der Waals surface area contributed by atoms with Crippen molar-refractivity contribution < 1.29 is 17.9 Å². The van der Waals surface area contributed by atoms with E-state index < -0.39 is 9.84 Å². The van der Waals surface area contributed by atoms with Crippen LogP contribution < -0.4 is 14.8 Å². The molecule has 0 aliphatic heterocycles. The van der Waals surface area contributed by atoms with Gasteiger partial charge in [-0.2, -0.15) is 0 Å². The monoisotopic (exact) mass is 288 g/mol. The fourth-order valence-electron chi connectivity index (χ4n) is 1.64. The molecule has 108 valence electrons. The van der Waals surface area contributed by atoms with Gasteiger partial charge in [-0.05, 0) is 13.0 Å². The summed E-state index contributed by atoms with van der Waals surface area (Å²) in [6, 6.07) is 1.73. The van der Waals surface area contributed by atoms with Crippen LogP contribution in [-0.2, 0) is 16.4 Å². The van der Waals surface area contributed by atoms with Crippen molar-refractivity contribution in [2.75, 3.05) is 32.8 Å². The number of aromatic nitrogens is 1. The minimum absolute atomic E-state index is 0.183. The average Bonchev–Trinajstić information content (AvgIpc) is 2.36. The SMILES string of the molecule is COc1ccnc(CNCCCS(C)(=O)=O)c1OC. The van der Waals surface area contributed by atoms with Gasteiger partial charge in [-0.25, -0.2) is 8.42 Å². The van der Waals surface area contributed by atoms with E-state index >= 15 is 0 Å². The first kappa shape index (κ1) is 15.7. The molecule has 0 fully saturated rings. The number of ether oxygens (including phenoxy) is 2. The summed E-state index contributed by atoms with van der Waals surface area (Å²) in [4.78, 5) is 4.22. The highest BCUT2D eigenvalue weighted by molar-refractivity contribution is 7.90. The highest BCUT2D eigenvalue weighted by Crippen LogP contribution is 2.28. The third-order valence-electron chi connectivity index (χ3n) is 2.53. The Bertz CT molecular complexity index is 502. The van der Waals surface area contributed by atoms with E-state index in [0.29, 0.717) is 31.0 Å². The van der Waals surface area contributed by atoms with Crippen LogP contribution >= 0.6 is 0 Å². The van der Waals surface area contributed by atoms with Gasteiger partial charge in [0.05, 0.1) is 25.7 Å². The van der Waals surface area contributed by atoms with Crippen molar-refractivity contribution in [1.29, 1.82) is 0 Å². The Morgan fingerprint density at radius 1 is 1.32 bits per heavy atom. The van der Waals surface area contributed by atoms with E-state index in [1.165, 1.54) is 6.26 Å². The molecule has 0 saturated carbocycles. The maximum absolute atomic E-state index is 11.0. The molecule has 0 bridgehead atoms. The van der Waals surface area contributed by atoms with Crippen LogP contribution in [-0.4, -0.2) is 46.2 Å². The number of hydrogen-bond acceptors (Lipinski definition) is 6. The number of methoxy groups -OCH3 is 2. The van der Waals surface area contributed by atoms with Gasteiger partial charge in [-0.15, -0.1) is 0 Å². The summed E-state index contributed by atoms with van der Waals surface area (Å²) in [5, 5.41) is 3.14. The molecule has 1 heterocycles. The molecule has 1 aromatic rings. The lowest BCUT2D eigenvalue weighted by atomic mass is 10.3. The van der Waals surface area contributed by atoms with Crippen LogP contribution in [0.15, 0.2) is 12.3 Å². The molecule has 0 aliphatic carbocycles. The lowest BCUT2D eigenvalue weighted by Gasteiger charge is -2.12. The summed E-state index contributed by atoms with van der Waals surface area (Å²) in [5.74, 6) is 1.41. The number of nitrogens with zero attached hydrogens (tertiary/aromatic N) is 1. The van der Waals surface area contributed by atoms with Gasteiger partial charge in [0.15, 0.2) is 11.5 Å². The zero-order valence-corrected chi connectivity index (χ0v) is 12.3. The zero-order chi connectivity index (χ0) is 14.3. The van der Waals surface area contributed by atoms with Gasteiger partial charge in [0.1, 0.15) is 9.84 Å². The lowest BCUT2D eigenvalue weighted by molar-refractivity contribution is 0.348. The van der Waals surface area contributed by atoms with E-state index in [-0.39, 0.29) is 5.75 Å². The Labute approximate surface area is 114 Å². The van der Waals surface area contributed by atoms with E-state index in [9.17, 15) is 8.42 Å². The van der Waals surface area contributed by atoms with Crippen LogP contribution in [0.25, 0.3) is 0 Å². The van der Waals surface area contributed by atoms with E-state index in [0.717, 1.165) is 5.69 Å². The van der Waals surface area contributed by atoms with Crippen molar-refractivity contribution in [3.63, 3.8) is 0 Å². The van der Waals surface area contributed by atoms with Crippen LogP contribution in [0.3, 0.4) is 0 Å². The average molecular weight is 288 g/mol. The Balaban J connectivity index is 2.49. The van der Waals surface area contributed by atoms with Crippen LogP contribution in [0.5, 0.6) is 11.5 Å². The zero-order valence-electron chi connectivity index (χ0n) is 11.5. The van der Waals surface area contributed by atoms with Gasteiger partial charge < -0.3 is 14.8 Å². The molecule has 0 atom stereocenters. The van der Waals surface area contributed by atoms with Gasteiger partial charge in [0.2, 0.25) is 0 Å². The Morgan fingerprint density at radius 3 is 2.63 bits per heavy atom. The van der Waals surface area contributed by atoms with Crippen molar-refractivity contribution in [2.45, 2.75) is 13.0 Å². The minimum Gasteiger partial charge on any atom is -0.493 e. The van der Waals surface area contributed by atoms with Crippen molar-refractivity contribution in [2.24, 2.45) is 0 Å². The van der Waals surface area contributed by atoms with Gasteiger partial charge in [0, 0.05) is 25.1 Å². The molecule has 1 aromatic heterocycles. The van der Waals surface area contributed by atoms with Crippen molar-refractivity contribution >= 4 is 9.84 Å². The normalized spacial score (nSPS) is 11.3. The van der Waals surface area contributed by atoms with Crippen LogP contribution in [0.1, 0.15) is 12.1 Å². The Kier molecular flexibility index (Phi) is 6.04. The predicted molar refractivity (Wildman–Crippen MR) is 73.4 cm³/mol. The molecule has 0 amide bonds. The van der Waals surface area contributed by atoms with E-state index in [1.54, 1.807) is 26.5 Å². The van der Waals surface area contributed by atoms with Gasteiger partial charge in [0.25, 0.3) is 0 Å². The molecule has 6 nitrogen and oxygen atoms in total. The number of hydrogen-bond donors (Lipinski definition) is 1. The number of nitrogens with one attached hydrogen (secondary N) is 1. The second-order valence-corrected chi connectivity index (χ2v) is 6.41. The third-order valence-corrected chi connectivity index (χ3v) is 3.56. The van der Waals surface area contributed by atoms with Crippen molar-refractivity contribution in [1.82, 2.24) is 10.3 Å². The number of rotatable bonds is 8. The van der Waals surface area contributed by atoms with Crippen molar-refractivity contribution in [3.05, 3.63) is 18.0 Å². The summed E-state index contributed by atoms with van der Waals surface area (Å²) in [5.41, 5.74) is 0.737. The summed E-state index contributed by atoms with van der Waals surface area (Å²) in [6.07, 6.45) is 3.46. The molecule has 0 saturated heterocycles. The van der Waals surface area contributed by atoms with Gasteiger partial charge >= 0.3 is 0 Å². The van der Waals surface area contributed by atoms with Gasteiger partial charge in [-0.3, -0.25) is 4.98 Å². The highest BCUT2D eigenvalue weighted by Gasteiger charge is 2.10. The van der Waals surface area contributed by atoms with E-state index in [1.807, 2.05) is 0 Å². The lowest BCUT2D eigenvalue weighted by Crippen LogP contribution is -2.19. The predicted octanol–water partition coefficient (Wildman–Crippen LogP) is 0.623. The first-order valence-electron chi connectivity index (χ1n) is 5.92.